The quantitative estimate of drug-likeness (QED) is 0.590. The highest BCUT2D eigenvalue weighted by Gasteiger charge is 2.23. The SMILES string of the molecule is CCc1cc(NC(=O)C2CCCC2)cc(C(COC(C)=O)Nc2ccc(C#N)cc2)c1. The highest BCUT2D eigenvalue weighted by molar-refractivity contribution is 5.92. The Morgan fingerprint density at radius 1 is 1.13 bits per heavy atom. The summed E-state index contributed by atoms with van der Waals surface area (Å²) in [4.78, 5) is 24.1. The number of benzene rings is 2. The summed E-state index contributed by atoms with van der Waals surface area (Å²) in [6.07, 6.45) is 4.93. The molecule has 162 valence electrons. The molecule has 1 aliphatic carbocycles. The summed E-state index contributed by atoms with van der Waals surface area (Å²) in [6.45, 7) is 3.60. The third kappa shape index (κ3) is 6.32. The highest BCUT2D eigenvalue weighted by Crippen LogP contribution is 2.28. The van der Waals surface area contributed by atoms with Crippen LogP contribution in [0.1, 0.15) is 62.3 Å². The lowest BCUT2D eigenvalue weighted by atomic mass is 10.0. The van der Waals surface area contributed by atoms with Crippen molar-refractivity contribution in [3.05, 3.63) is 59.2 Å². The van der Waals surface area contributed by atoms with E-state index in [1.807, 2.05) is 24.3 Å². The molecular formula is C25H29N3O3. The first-order valence-corrected chi connectivity index (χ1v) is 10.8. The Morgan fingerprint density at radius 2 is 1.84 bits per heavy atom. The summed E-state index contributed by atoms with van der Waals surface area (Å²) in [5, 5.41) is 15.5. The monoisotopic (exact) mass is 419 g/mol. The Labute approximate surface area is 183 Å². The maximum Gasteiger partial charge on any atom is 0.302 e. The fourth-order valence-corrected chi connectivity index (χ4v) is 3.89. The van der Waals surface area contributed by atoms with Crippen LogP contribution in [0.2, 0.25) is 0 Å². The number of esters is 1. The molecule has 0 spiro atoms. The van der Waals surface area contributed by atoms with Gasteiger partial charge in [-0.2, -0.15) is 5.26 Å². The third-order valence-corrected chi connectivity index (χ3v) is 5.63. The lowest BCUT2D eigenvalue weighted by molar-refractivity contribution is -0.141. The van der Waals surface area contributed by atoms with Gasteiger partial charge >= 0.3 is 5.97 Å². The van der Waals surface area contributed by atoms with E-state index < -0.39 is 0 Å². The summed E-state index contributed by atoms with van der Waals surface area (Å²) in [5.74, 6) is -0.191. The number of amides is 1. The van der Waals surface area contributed by atoms with Crippen molar-refractivity contribution in [2.24, 2.45) is 5.92 Å². The van der Waals surface area contributed by atoms with Crippen molar-refractivity contribution in [2.45, 2.75) is 52.0 Å². The molecule has 2 aromatic carbocycles. The van der Waals surface area contributed by atoms with Gasteiger partial charge < -0.3 is 15.4 Å². The number of ether oxygens (including phenoxy) is 1. The van der Waals surface area contributed by atoms with Gasteiger partial charge in [-0.25, -0.2) is 0 Å². The number of carbonyl (C=O) groups is 2. The minimum atomic E-state index is -0.354. The molecule has 0 bridgehead atoms. The van der Waals surface area contributed by atoms with Gasteiger partial charge in [0.25, 0.3) is 0 Å². The number of anilines is 2. The van der Waals surface area contributed by atoms with Crippen molar-refractivity contribution < 1.29 is 14.3 Å². The average molecular weight is 420 g/mol. The third-order valence-electron chi connectivity index (χ3n) is 5.63. The molecule has 2 aromatic rings. The number of rotatable bonds is 8. The number of nitriles is 1. The van der Waals surface area contributed by atoms with Crippen LogP contribution < -0.4 is 10.6 Å². The first kappa shape index (κ1) is 22.4. The lowest BCUT2D eigenvalue weighted by Gasteiger charge is -2.22. The van der Waals surface area contributed by atoms with Crippen molar-refractivity contribution in [3.8, 4) is 6.07 Å². The first-order chi connectivity index (χ1) is 15.0. The molecule has 0 saturated heterocycles. The molecule has 6 nitrogen and oxygen atoms in total. The van der Waals surface area contributed by atoms with E-state index in [4.69, 9.17) is 10.00 Å². The molecule has 0 heterocycles. The zero-order valence-corrected chi connectivity index (χ0v) is 18.1. The molecule has 1 saturated carbocycles. The van der Waals surface area contributed by atoms with Crippen molar-refractivity contribution in [1.82, 2.24) is 0 Å². The maximum absolute atomic E-state index is 12.6. The van der Waals surface area contributed by atoms with Gasteiger partial charge in [-0.1, -0.05) is 25.8 Å². The average Bonchev–Trinajstić information content (AvgIpc) is 3.32. The number of carbonyl (C=O) groups excluding carboxylic acids is 2. The van der Waals surface area contributed by atoms with Gasteiger partial charge in [0, 0.05) is 24.2 Å². The molecule has 1 atom stereocenters. The van der Waals surface area contributed by atoms with E-state index in [9.17, 15) is 9.59 Å². The van der Waals surface area contributed by atoms with E-state index in [0.717, 1.165) is 54.6 Å². The van der Waals surface area contributed by atoms with Gasteiger partial charge in [0.1, 0.15) is 6.61 Å². The Balaban J connectivity index is 1.85. The summed E-state index contributed by atoms with van der Waals surface area (Å²) < 4.78 is 5.31. The number of aryl methyl sites for hydroxylation is 1. The zero-order valence-electron chi connectivity index (χ0n) is 18.1. The van der Waals surface area contributed by atoms with Crippen LogP contribution in [-0.2, 0) is 20.7 Å². The fourth-order valence-electron chi connectivity index (χ4n) is 3.89. The van der Waals surface area contributed by atoms with Gasteiger partial charge in [-0.05, 0) is 66.8 Å². The standard InChI is InChI=1S/C25H29N3O3/c1-3-18-12-21(14-23(13-18)28-25(30)20-6-4-5-7-20)24(16-31-17(2)29)27-22-10-8-19(15-26)9-11-22/h8-14,20,24,27H,3-7,16H2,1-2H3,(H,28,30). The van der Waals surface area contributed by atoms with Crippen molar-refractivity contribution in [2.75, 3.05) is 17.2 Å². The second-order valence-corrected chi connectivity index (χ2v) is 7.98. The molecule has 3 rings (SSSR count). The molecule has 1 aliphatic rings. The summed E-state index contributed by atoms with van der Waals surface area (Å²) in [5.41, 5.74) is 4.17. The predicted molar refractivity (Wildman–Crippen MR) is 121 cm³/mol. The number of hydrogen-bond donors (Lipinski definition) is 2. The maximum atomic E-state index is 12.6. The van der Waals surface area contributed by atoms with Crippen LogP contribution in [-0.4, -0.2) is 18.5 Å². The van der Waals surface area contributed by atoms with Gasteiger partial charge in [-0.3, -0.25) is 9.59 Å². The van der Waals surface area contributed by atoms with Crippen LogP contribution in [0, 0.1) is 17.2 Å². The second-order valence-electron chi connectivity index (χ2n) is 7.98. The Hall–Kier alpha value is -3.33. The molecule has 0 radical (unpaired) electrons. The van der Waals surface area contributed by atoms with Crippen LogP contribution in [0.4, 0.5) is 11.4 Å². The Bertz CT molecular complexity index is 957. The molecule has 2 N–H and O–H groups in total. The minimum absolute atomic E-state index is 0.0771. The summed E-state index contributed by atoms with van der Waals surface area (Å²) in [7, 11) is 0. The smallest absolute Gasteiger partial charge is 0.302 e. The first-order valence-electron chi connectivity index (χ1n) is 10.8. The normalized spacial score (nSPS) is 14.5. The van der Waals surface area contributed by atoms with Gasteiger partial charge in [0.15, 0.2) is 0 Å². The Morgan fingerprint density at radius 3 is 2.45 bits per heavy atom. The molecule has 6 heteroatoms. The topological polar surface area (TPSA) is 91.2 Å². The molecule has 1 amide bonds. The van der Waals surface area contributed by atoms with Gasteiger partial charge in [-0.15, -0.1) is 0 Å². The van der Waals surface area contributed by atoms with Crippen LogP contribution >= 0.6 is 0 Å². The van der Waals surface area contributed by atoms with Crippen LogP contribution in [0.3, 0.4) is 0 Å². The highest BCUT2D eigenvalue weighted by atomic mass is 16.5. The van der Waals surface area contributed by atoms with Gasteiger partial charge in [0.2, 0.25) is 5.91 Å². The molecule has 31 heavy (non-hydrogen) atoms. The second kappa shape index (κ2) is 10.6. The molecule has 1 fully saturated rings. The molecule has 1 unspecified atom stereocenters. The van der Waals surface area contributed by atoms with E-state index in [2.05, 4.69) is 29.7 Å². The fraction of sp³-hybridized carbons (Fsp3) is 0.400. The van der Waals surface area contributed by atoms with Crippen molar-refractivity contribution in [3.63, 3.8) is 0 Å². The molecule has 0 aliphatic heterocycles. The number of nitrogens with zero attached hydrogens (tertiary/aromatic N) is 1. The number of nitrogens with one attached hydrogen (secondary N) is 2. The molecular weight excluding hydrogens is 390 g/mol. The van der Waals surface area contributed by atoms with E-state index in [1.165, 1.54) is 6.92 Å². The number of hydrogen-bond acceptors (Lipinski definition) is 5. The summed E-state index contributed by atoms with van der Waals surface area (Å²) in [6, 6.07) is 14.9. The lowest BCUT2D eigenvalue weighted by Crippen LogP contribution is -2.22. The van der Waals surface area contributed by atoms with Crippen molar-refractivity contribution in [1.29, 1.82) is 5.26 Å². The van der Waals surface area contributed by atoms with Crippen molar-refractivity contribution >= 4 is 23.3 Å². The minimum Gasteiger partial charge on any atom is -0.463 e. The van der Waals surface area contributed by atoms with Crippen LogP contribution in [0.15, 0.2) is 42.5 Å². The van der Waals surface area contributed by atoms with Crippen LogP contribution in [0.25, 0.3) is 0 Å². The summed E-state index contributed by atoms with van der Waals surface area (Å²) >= 11 is 0. The van der Waals surface area contributed by atoms with Gasteiger partial charge in [0.05, 0.1) is 17.7 Å². The zero-order chi connectivity index (χ0) is 22.2. The largest absolute Gasteiger partial charge is 0.463 e. The molecule has 0 aromatic heterocycles. The van der Waals surface area contributed by atoms with E-state index in [1.54, 1.807) is 12.1 Å². The van der Waals surface area contributed by atoms with E-state index in [-0.39, 0.29) is 30.4 Å². The van der Waals surface area contributed by atoms with E-state index >= 15 is 0 Å². The Kier molecular flexibility index (Phi) is 7.66. The van der Waals surface area contributed by atoms with Crippen LogP contribution in [0.5, 0.6) is 0 Å². The predicted octanol–water partition coefficient (Wildman–Crippen LogP) is 4.97. The van der Waals surface area contributed by atoms with E-state index in [0.29, 0.717) is 5.56 Å².